The number of anilines is 2. The molecule has 0 bridgehead atoms. The smallest absolute Gasteiger partial charge is 0.253 e. The second-order valence-corrected chi connectivity index (χ2v) is 10.0. The van der Waals surface area contributed by atoms with E-state index in [1.54, 1.807) is 48.5 Å². The number of carbonyl (C=O) groups is 2. The van der Waals surface area contributed by atoms with Crippen molar-refractivity contribution in [1.29, 1.82) is 0 Å². The summed E-state index contributed by atoms with van der Waals surface area (Å²) in [6.07, 6.45) is 1.71. The zero-order valence-electron chi connectivity index (χ0n) is 20.6. The lowest BCUT2D eigenvalue weighted by Gasteiger charge is -2.28. The Morgan fingerprint density at radius 2 is 1.58 bits per heavy atom. The molecule has 0 saturated heterocycles. The molecule has 9 heteroatoms. The summed E-state index contributed by atoms with van der Waals surface area (Å²) in [7, 11) is -3.79. The molecular weight excluding hydrogens is 478 g/mol. The maximum absolute atomic E-state index is 13.1. The largest absolute Gasteiger partial charge is 0.494 e. The number of hydrogen-bond donors (Lipinski definition) is 2. The molecule has 0 saturated carbocycles. The lowest BCUT2D eigenvalue weighted by Crippen LogP contribution is -2.45. The van der Waals surface area contributed by atoms with Crippen LogP contribution < -0.4 is 19.7 Å². The van der Waals surface area contributed by atoms with Crippen molar-refractivity contribution in [3.63, 3.8) is 0 Å². The summed E-state index contributed by atoms with van der Waals surface area (Å²) in [4.78, 5) is 26.0. The first-order chi connectivity index (χ1) is 17.2. The van der Waals surface area contributed by atoms with Crippen LogP contribution in [0.4, 0.5) is 11.4 Å². The Morgan fingerprint density at radius 3 is 2.22 bits per heavy atom. The number of nitrogens with one attached hydrogen (secondary N) is 2. The van der Waals surface area contributed by atoms with Crippen molar-refractivity contribution >= 4 is 33.2 Å². The van der Waals surface area contributed by atoms with Crippen LogP contribution in [-0.2, 0) is 21.2 Å². The van der Waals surface area contributed by atoms with Crippen LogP contribution in [0, 0.1) is 0 Å². The topological polar surface area (TPSA) is 105 Å². The molecule has 3 rings (SSSR count). The standard InChI is InChI=1S/C27H31N3O5S/c1-4-35-23-16-14-22(15-17-23)30(36(3,33)34)20(2)26(31)29-25-13-9-8-12-24(25)27(32)28-19-18-21-10-6-5-7-11-21/h5-17,20H,4,18-19H2,1-3H3,(H,28,32)(H,29,31)/t20-/m1/s1. The normalized spacial score (nSPS) is 11.9. The van der Waals surface area contributed by atoms with Gasteiger partial charge in [-0.25, -0.2) is 8.42 Å². The van der Waals surface area contributed by atoms with Crippen molar-refractivity contribution in [3.05, 3.63) is 90.0 Å². The van der Waals surface area contributed by atoms with Crippen LogP contribution in [0.15, 0.2) is 78.9 Å². The molecule has 0 spiro atoms. The van der Waals surface area contributed by atoms with Crippen molar-refractivity contribution in [2.45, 2.75) is 26.3 Å². The zero-order chi connectivity index (χ0) is 26.1. The molecule has 0 aliphatic heterocycles. The van der Waals surface area contributed by atoms with Crippen LogP contribution in [0.5, 0.6) is 5.75 Å². The number of carbonyl (C=O) groups excluding carboxylic acids is 2. The van der Waals surface area contributed by atoms with Gasteiger partial charge in [0.05, 0.1) is 29.8 Å². The third kappa shape index (κ3) is 7.08. The minimum absolute atomic E-state index is 0.290. The molecule has 0 heterocycles. The first kappa shape index (κ1) is 26.7. The van der Waals surface area contributed by atoms with Crippen molar-refractivity contribution in [2.75, 3.05) is 29.0 Å². The highest BCUT2D eigenvalue weighted by Crippen LogP contribution is 2.25. The molecule has 0 aliphatic carbocycles. The zero-order valence-corrected chi connectivity index (χ0v) is 21.4. The lowest BCUT2D eigenvalue weighted by molar-refractivity contribution is -0.116. The Labute approximate surface area is 212 Å². The number of amides is 2. The van der Waals surface area contributed by atoms with Gasteiger partial charge in [0.25, 0.3) is 5.91 Å². The van der Waals surface area contributed by atoms with Gasteiger partial charge in [0.2, 0.25) is 15.9 Å². The molecule has 2 amide bonds. The Balaban J connectivity index is 1.73. The fourth-order valence-electron chi connectivity index (χ4n) is 3.75. The number of ether oxygens (including phenoxy) is 1. The first-order valence-electron chi connectivity index (χ1n) is 11.6. The number of sulfonamides is 1. The second kappa shape index (κ2) is 12.2. The number of rotatable bonds is 11. The van der Waals surface area contributed by atoms with Crippen LogP contribution >= 0.6 is 0 Å². The highest BCUT2D eigenvalue weighted by atomic mass is 32.2. The van der Waals surface area contributed by atoms with Crippen molar-refractivity contribution < 1.29 is 22.7 Å². The maximum Gasteiger partial charge on any atom is 0.253 e. The molecule has 3 aromatic rings. The molecule has 0 aliphatic rings. The third-order valence-electron chi connectivity index (χ3n) is 5.46. The quantitative estimate of drug-likeness (QED) is 0.409. The van der Waals surface area contributed by atoms with Crippen LogP contribution in [-0.4, -0.2) is 45.7 Å². The summed E-state index contributed by atoms with van der Waals surface area (Å²) in [5.41, 5.74) is 2.02. The minimum Gasteiger partial charge on any atom is -0.494 e. The van der Waals surface area contributed by atoms with Gasteiger partial charge < -0.3 is 15.4 Å². The summed E-state index contributed by atoms with van der Waals surface area (Å²) in [5, 5.41) is 5.59. The summed E-state index contributed by atoms with van der Waals surface area (Å²) in [5.74, 6) is -0.307. The maximum atomic E-state index is 13.1. The highest BCUT2D eigenvalue weighted by molar-refractivity contribution is 7.92. The number of hydrogen-bond acceptors (Lipinski definition) is 5. The Hall–Kier alpha value is -3.85. The van der Waals surface area contributed by atoms with E-state index in [-0.39, 0.29) is 11.5 Å². The van der Waals surface area contributed by atoms with Crippen molar-refractivity contribution in [2.24, 2.45) is 0 Å². The van der Waals surface area contributed by atoms with Gasteiger partial charge in [0, 0.05) is 6.54 Å². The summed E-state index contributed by atoms with van der Waals surface area (Å²) in [6.45, 7) is 4.26. The van der Waals surface area contributed by atoms with Gasteiger partial charge in [-0.3, -0.25) is 13.9 Å². The minimum atomic E-state index is -3.79. The van der Waals surface area contributed by atoms with E-state index in [4.69, 9.17) is 4.74 Å². The van der Waals surface area contributed by atoms with Gasteiger partial charge in [0.1, 0.15) is 11.8 Å². The molecule has 3 aromatic carbocycles. The molecule has 1 atom stereocenters. The Bertz CT molecular complexity index is 1280. The van der Waals surface area contributed by atoms with Gasteiger partial charge >= 0.3 is 0 Å². The molecular formula is C27H31N3O5S. The monoisotopic (exact) mass is 509 g/mol. The van der Waals surface area contributed by atoms with E-state index in [1.807, 2.05) is 37.3 Å². The van der Waals surface area contributed by atoms with Gasteiger partial charge in [-0.15, -0.1) is 0 Å². The van der Waals surface area contributed by atoms with Gasteiger partial charge in [0.15, 0.2) is 0 Å². The number of nitrogens with zero attached hydrogens (tertiary/aromatic N) is 1. The van der Waals surface area contributed by atoms with E-state index in [2.05, 4.69) is 10.6 Å². The predicted molar refractivity (Wildman–Crippen MR) is 142 cm³/mol. The first-order valence-corrected chi connectivity index (χ1v) is 13.5. The Morgan fingerprint density at radius 1 is 0.944 bits per heavy atom. The van der Waals surface area contributed by atoms with Gasteiger partial charge in [-0.2, -0.15) is 0 Å². The third-order valence-corrected chi connectivity index (χ3v) is 6.70. The van der Waals surface area contributed by atoms with E-state index < -0.39 is 22.0 Å². The lowest BCUT2D eigenvalue weighted by atomic mass is 10.1. The van der Waals surface area contributed by atoms with Gasteiger partial charge in [-0.1, -0.05) is 42.5 Å². The fraction of sp³-hybridized carbons (Fsp3) is 0.259. The average Bonchev–Trinajstić information content (AvgIpc) is 2.85. The average molecular weight is 510 g/mol. The molecule has 36 heavy (non-hydrogen) atoms. The molecule has 2 N–H and O–H groups in total. The highest BCUT2D eigenvalue weighted by Gasteiger charge is 2.30. The van der Waals surface area contributed by atoms with Crippen LogP contribution in [0.3, 0.4) is 0 Å². The van der Waals surface area contributed by atoms with Crippen LogP contribution in [0.1, 0.15) is 29.8 Å². The molecule has 8 nitrogen and oxygen atoms in total. The van der Waals surface area contributed by atoms with Gasteiger partial charge in [-0.05, 0) is 62.2 Å². The second-order valence-electron chi connectivity index (χ2n) is 8.19. The van der Waals surface area contributed by atoms with Crippen molar-refractivity contribution in [1.82, 2.24) is 5.32 Å². The fourth-order valence-corrected chi connectivity index (χ4v) is 4.93. The molecule has 0 unspecified atom stereocenters. The molecule has 0 aromatic heterocycles. The van der Waals surface area contributed by atoms with E-state index in [9.17, 15) is 18.0 Å². The van der Waals surface area contributed by atoms with E-state index in [1.165, 1.54) is 6.92 Å². The number of para-hydroxylation sites is 1. The Kier molecular flexibility index (Phi) is 9.08. The molecule has 0 radical (unpaired) electrons. The summed E-state index contributed by atoms with van der Waals surface area (Å²) >= 11 is 0. The summed E-state index contributed by atoms with van der Waals surface area (Å²) in [6, 6.07) is 21.8. The number of benzene rings is 3. The molecule has 0 fully saturated rings. The van der Waals surface area contributed by atoms with Crippen LogP contribution in [0.25, 0.3) is 0 Å². The van der Waals surface area contributed by atoms with E-state index in [0.29, 0.717) is 36.7 Å². The SMILES string of the molecule is CCOc1ccc(N([C@H](C)C(=O)Nc2ccccc2C(=O)NCCc2ccccc2)S(C)(=O)=O)cc1. The van der Waals surface area contributed by atoms with Crippen LogP contribution in [0.2, 0.25) is 0 Å². The van der Waals surface area contributed by atoms with Crippen molar-refractivity contribution in [3.8, 4) is 5.75 Å². The molecule has 190 valence electrons. The van der Waals surface area contributed by atoms with E-state index in [0.717, 1.165) is 16.1 Å². The predicted octanol–water partition coefficient (Wildman–Crippen LogP) is 3.85. The van der Waals surface area contributed by atoms with E-state index >= 15 is 0 Å². The summed E-state index contributed by atoms with van der Waals surface area (Å²) < 4.78 is 31.7.